The molecule has 144 valence electrons. The zero-order valence-electron chi connectivity index (χ0n) is 16.0. The molecule has 2 N–H and O–H groups in total. The van der Waals surface area contributed by atoms with E-state index >= 15 is 0 Å². The summed E-state index contributed by atoms with van der Waals surface area (Å²) in [6, 6.07) is 9.58. The van der Waals surface area contributed by atoms with Crippen LogP contribution >= 0.6 is 11.6 Å². The van der Waals surface area contributed by atoms with E-state index in [4.69, 9.17) is 21.3 Å². The van der Waals surface area contributed by atoms with Gasteiger partial charge in [0.1, 0.15) is 17.2 Å². The minimum absolute atomic E-state index is 0.175. The first-order valence-corrected chi connectivity index (χ1v) is 9.41. The standard InChI is InChI=1S/C21H21ClN4O2/c1-12-4-5-14-10-16(21(27)25-18(14)13(12)2)19-20(23-8-9-28-3)26-11-15(22)6-7-17(26)24-19/h4-7,10-11,23H,8-9H2,1-3H3,(H,25,27). The number of anilines is 1. The van der Waals surface area contributed by atoms with Crippen molar-refractivity contribution in [1.82, 2.24) is 14.4 Å². The molecule has 0 saturated heterocycles. The summed E-state index contributed by atoms with van der Waals surface area (Å²) in [4.78, 5) is 20.7. The normalized spacial score (nSPS) is 11.4. The molecule has 0 radical (unpaired) electrons. The fourth-order valence-electron chi connectivity index (χ4n) is 3.35. The van der Waals surface area contributed by atoms with E-state index in [0.717, 1.165) is 22.0 Å². The third-order valence-electron chi connectivity index (χ3n) is 4.99. The van der Waals surface area contributed by atoms with Crippen LogP contribution in [0.25, 0.3) is 27.8 Å². The van der Waals surface area contributed by atoms with Crippen LogP contribution in [-0.2, 0) is 4.74 Å². The molecule has 0 bridgehead atoms. The molecule has 28 heavy (non-hydrogen) atoms. The molecule has 1 aromatic carbocycles. The van der Waals surface area contributed by atoms with Gasteiger partial charge in [-0.3, -0.25) is 9.20 Å². The molecule has 3 heterocycles. The van der Waals surface area contributed by atoms with Crippen LogP contribution in [0.1, 0.15) is 11.1 Å². The largest absolute Gasteiger partial charge is 0.383 e. The van der Waals surface area contributed by atoms with Gasteiger partial charge in [0, 0.05) is 19.9 Å². The lowest BCUT2D eigenvalue weighted by atomic mass is 10.0. The average molecular weight is 397 g/mol. The van der Waals surface area contributed by atoms with Crippen LogP contribution in [0.2, 0.25) is 5.02 Å². The molecule has 0 aliphatic rings. The van der Waals surface area contributed by atoms with Gasteiger partial charge < -0.3 is 15.0 Å². The first-order chi connectivity index (χ1) is 13.5. The lowest BCUT2D eigenvalue weighted by Gasteiger charge is -2.10. The first-order valence-electron chi connectivity index (χ1n) is 9.03. The van der Waals surface area contributed by atoms with Crippen molar-refractivity contribution in [2.24, 2.45) is 0 Å². The zero-order valence-corrected chi connectivity index (χ0v) is 16.7. The minimum atomic E-state index is -0.175. The molecular weight excluding hydrogens is 376 g/mol. The van der Waals surface area contributed by atoms with E-state index in [1.807, 2.05) is 36.4 Å². The molecular formula is C21H21ClN4O2. The second-order valence-electron chi connectivity index (χ2n) is 6.79. The molecule has 0 unspecified atom stereocenters. The molecule has 0 atom stereocenters. The Bertz CT molecular complexity index is 1240. The van der Waals surface area contributed by atoms with Crippen molar-refractivity contribution in [2.45, 2.75) is 13.8 Å². The van der Waals surface area contributed by atoms with Gasteiger partial charge in [-0.15, -0.1) is 0 Å². The number of pyridine rings is 2. The SMILES string of the molecule is COCCNc1c(-c2cc3ccc(C)c(C)c3[nH]c2=O)nc2ccc(Cl)cn12. The number of imidazole rings is 1. The zero-order chi connectivity index (χ0) is 19.8. The Morgan fingerprint density at radius 1 is 1.25 bits per heavy atom. The van der Waals surface area contributed by atoms with E-state index in [0.29, 0.717) is 40.9 Å². The van der Waals surface area contributed by atoms with E-state index in [1.54, 1.807) is 19.4 Å². The average Bonchev–Trinajstić information content (AvgIpc) is 3.03. The number of H-pyrrole nitrogens is 1. The monoisotopic (exact) mass is 396 g/mol. The molecule has 7 heteroatoms. The summed E-state index contributed by atoms with van der Waals surface area (Å²) in [5.41, 5.74) is 4.69. The van der Waals surface area contributed by atoms with E-state index < -0.39 is 0 Å². The van der Waals surface area contributed by atoms with Crippen molar-refractivity contribution >= 4 is 34.0 Å². The number of nitrogens with one attached hydrogen (secondary N) is 2. The highest BCUT2D eigenvalue weighted by atomic mass is 35.5. The molecule has 0 amide bonds. The number of halogens is 1. The van der Waals surface area contributed by atoms with Crippen LogP contribution in [-0.4, -0.2) is 34.6 Å². The van der Waals surface area contributed by atoms with Gasteiger partial charge in [0.05, 0.1) is 22.7 Å². The van der Waals surface area contributed by atoms with Gasteiger partial charge in [-0.2, -0.15) is 0 Å². The Morgan fingerprint density at radius 2 is 2.07 bits per heavy atom. The van der Waals surface area contributed by atoms with Gasteiger partial charge >= 0.3 is 0 Å². The lowest BCUT2D eigenvalue weighted by Crippen LogP contribution is -2.13. The van der Waals surface area contributed by atoms with Gasteiger partial charge in [0.25, 0.3) is 5.56 Å². The Balaban J connectivity index is 1.95. The predicted molar refractivity (Wildman–Crippen MR) is 114 cm³/mol. The Hall–Kier alpha value is -2.83. The maximum atomic E-state index is 12.9. The van der Waals surface area contributed by atoms with E-state index in [1.165, 1.54) is 0 Å². The molecule has 0 aliphatic heterocycles. The van der Waals surface area contributed by atoms with Crippen molar-refractivity contribution in [3.05, 3.63) is 63.0 Å². The number of methoxy groups -OCH3 is 1. The fourth-order valence-corrected chi connectivity index (χ4v) is 3.51. The summed E-state index contributed by atoms with van der Waals surface area (Å²) in [6.07, 6.45) is 1.78. The topological polar surface area (TPSA) is 71.4 Å². The van der Waals surface area contributed by atoms with Gasteiger partial charge in [-0.05, 0) is 48.6 Å². The quantitative estimate of drug-likeness (QED) is 0.496. The third kappa shape index (κ3) is 3.15. The second-order valence-corrected chi connectivity index (χ2v) is 7.22. The Labute approximate surface area is 167 Å². The van der Waals surface area contributed by atoms with Crippen LogP contribution in [0.3, 0.4) is 0 Å². The highest BCUT2D eigenvalue weighted by Gasteiger charge is 2.18. The van der Waals surface area contributed by atoms with E-state index in [9.17, 15) is 4.79 Å². The van der Waals surface area contributed by atoms with Crippen LogP contribution < -0.4 is 10.9 Å². The molecule has 0 spiro atoms. The summed E-state index contributed by atoms with van der Waals surface area (Å²) in [5.74, 6) is 0.711. The third-order valence-corrected chi connectivity index (χ3v) is 5.21. The van der Waals surface area contributed by atoms with Gasteiger partial charge in [0.2, 0.25) is 0 Å². The van der Waals surface area contributed by atoms with Crippen LogP contribution in [0.5, 0.6) is 0 Å². The van der Waals surface area contributed by atoms with Crippen molar-refractivity contribution in [2.75, 3.05) is 25.6 Å². The number of benzene rings is 1. The number of hydrogen-bond donors (Lipinski definition) is 2. The molecule has 4 rings (SSSR count). The summed E-state index contributed by atoms with van der Waals surface area (Å²) >= 11 is 6.18. The van der Waals surface area contributed by atoms with Crippen molar-refractivity contribution in [3.8, 4) is 11.3 Å². The number of aryl methyl sites for hydroxylation is 2. The summed E-state index contributed by atoms with van der Waals surface area (Å²) in [6.45, 7) is 5.15. The second kappa shape index (κ2) is 7.30. The number of nitrogens with zero attached hydrogens (tertiary/aromatic N) is 2. The highest BCUT2D eigenvalue weighted by Crippen LogP contribution is 2.30. The van der Waals surface area contributed by atoms with E-state index in [2.05, 4.69) is 16.4 Å². The Morgan fingerprint density at radius 3 is 2.86 bits per heavy atom. The first kappa shape index (κ1) is 18.5. The molecule has 0 fully saturated rings. The minimum Gasteiger partial charge on any atom is -0.383 e. The molecule has 0 aliphatic carbocycles. The number of aromatic amines is 1. The molecule has 4 aromatic rings. The summed E-state index contributed by atoms with van der Waals surface area (Å²) < 4.78 is 7.00. The lowest BCUT2D eigenvalue weighted by molar-refractivity contribution is 0.210. The van der Waals surface area contributed by atoms with Crippen molar-refractivity contribution in [3.63, 3.8) is 0 Å². The highest BCUT2D eigenvalue weighted by molar-refractivity contribution is 6.30. The van der Waals surface area contributed by atoms with Crippen LogP contribution in [0.15, 0.2) is 41.3 Å². The van der Waals surface area contributed by atoms with Crippen LogP contribution in [0, 0.1) is 13.8 Å². The maximum absolute atomic E-state index is 12.9. The number of rotatable bonds is 5. The van der Waals surface area contributed by atoms with Gasteiger partial charge in [-0.1, -0.05) is 23.7 Å². The van der Waals surface area contributed by atoms with Gasteiger partial charge in [-0.25, -0.2) is 4.98 Å². The van der Waals surface area contributed by atoms with Crippen molar-refractivity contribution < 1.29 is 4.74 Å². The Kier molecular flexibility index (Phi) is 4.83. The predicted octanol–water partition coefficient (Wildman–Crippen LogP) is 4.17. The smallest absolute Gasteiger partial charge is 0.258 e. The number of hydrogen-bond acceptors (Lipinski definition) is 4. The van der Waals surface area contributed by atoms with E-state index in [-0.39, 0.29) is 5.56 Å². The van der Waals surface area contributed by atoms with Gasteiger partial charge in [0.15, 0.2) is 0 Å². The number of aromatic nitrogens is 3. The summed E-state index contributed by atoms with van der Waals surface area (Å²) in [5, 5.41) is 4.88. The molecule has 6 nitrogen and oxygen atoms in total. The molecule has 0 saturated carbocycles. The maximum Gasteiger partial charge on any atom is 0.258 e. The summed E-state index contributed by atoms with van der Waals surface area (Å²) in [7, 11) is 1.65. The number of fused-ring (bicyclic) bond motifs is 2. The fraction of sp³-hybridized carbons (Fsp3) is 0.238. The number of ether oxygens (including phenoxy) is 1. The van der Waals surface area contributed by atoms with Crippen molar-refractivity contribution in [1.29, 1.82) is 0 Å². The molecule has 3 aromatic heterocycles. The van der Waals surface area contributed by atoms with Crippen LogP contribution in [0.4, 0.5) is 5.82 Å².